The van der Waals surface area contributed by atoms with Crippen molar-refractivity contribution in [2.75, 3.05) is 31.6 Å². The molecule has 0 aliphatic carbocycles. The lowest BCUT2D eigenvalue weighted by Gasteiger charge is -2.36. The maximum absolute atomic E-state index is 14.0. The standard InChI is InChI=1S/C13H15FN4O/c1-16-13(19)12-8-17-4-5-18(12)11-3-2-9(7-15)6-10(11)14/h2-3,6,12,17H,4-5,8H2,1H3,(H,16,19). The first-order valence-electron chi connectivity index (χ1n) is 6.06. The Balaban J connectivity index is 2.32. The van der Waals surface area contributed by atoms with Crippen LogP contribution in [0.25, 0.3) is 0 Å². The summed E-state index contributed by atoms with van der Waals surface area (Å²) in [5.74, 6) is -0.634. The van der Waals surface area contributed by atoms with Gasteiger partial charge >= 0.3 is 0 Å². The van der Waals surface area contributed by atoms with Crippen LogP contribution in [0.2, 0.25) is 0 Å². The van der Waals surface area contributed by atoms with E-state index in [2.05, 4.69) is 10.6 Å². The van der Waals surface area contributed by atoms with Gasteiger partial charge in [0.2, 0.25) is 5.91 Å². The van der Waals surface area contributed by atoms with Crippen molar-refractivity contribution in [3.63, 3.8) is 0 Å². The molecule has 0 spiro atoms. The minimum Gasteiger partial charge on any atom is -0.357 e. The molecule has 1 atom stereocenters. The highest BCUT2D eigenvalue weighted by Crippen LogP contribution is 2.23. The Labute approximate surface area is 111 Å². The first-order valence-corrected chi connectivity index (χ1v) is 6.06. The molecule has 1 saturated heterocycles. The van der Waals surface area contributed by atoms with Crippen molar-refractivity contribution in [2.45, 2.75) is 6.04 Å². The molecule has 2 rings (SSSR count). The van der Waals surface area contributed by atoms with Gasteiger partial charge < -0.3 is 15.5 Å². The van der Waals surface area contributed by atoms with Gasteiger partial charge in [-0.25, -0.2) is 4.39 Å². The van der Waals surface area contributed by atoms with Crippen molar-refractivity contribution in [2.24, 2.45) is 0 Å². The average Bonchev–Trinajstić information content (AvgIpc) is 2.46. The number of rotatable bonds is 2. The highest BCUT2D eigenvalue weighted by molar-refractivity contribution is 5.85. The Kier molecular flexibility index (Phi) is 3.97. The van der Waals surface area contributed by atoms with Crippen LogP contribution in [0, 0.1) is 17.1 Å². The fraction of sp³-hybridized carbons (Fsp3) is 0.385. The van der Waals surface area contributed by atoms with Gasteiger partial charge in [-0.15, -0.1) is 0 Å². The normalized spacial score (nSPS) is 18.8. The van der Waals surface area contributed by atoms with Gasteiger partial charge in [0.1, 0.15) is 11.9 Å². The summed E-state index contributed by atoms with van der Waals surface area (Å²) in [4.78, 5) is 13.5. The van der Waals surface area contributed by atoms with Gasteiger partial charge in [-0.2, -0.15) is 5.26 Å². The number of piperazine rings is 1. The van der Waals surface area contributed by atoms with Crippen LogP contribution < -0.4 is 15.5 Å². The predicted octanol–water partition coefficient (Wildman–Crippen LogP) is 0.222. The number of likely N-dealkylation sites (N-methyl/N-ethyl adjacent to an activating group) is 1. The highest BCUT2D eigenvalue weighted by Gasteiger charge is 2.29. The van der Waals surface area contributed by atoms with E-state index in [-0.39, 0.29) is 11.5 Å². The minimum absolute atomic E-state index is 0.157. The highest BCUT2D eigenvalue weighted by atomic mass is 19.1. The van der Waals surface area contributed by atoms with Crippen LogP contribution in [0.3, 0.4) is 0 Å². The number of benzene rings is 1. The maximum Gasteiger partial charge on any atom is 0.243 e. The van der Waals surface area contributed by atoms with E-state index < -0.39 is 11.9 Å². The SMILES string of the molecule is CNC(=O)C1CNCCN1c1ccc(C#N)cc1F. The van der Waals surface area contributed by atoms with E-state index in [1.807, 2.05) is 6.07 Å². The average molecular weight is 262 g/mol. The summed E-state index contributed by atoms with van der Waals surface area (Å²) >= 11 is 0. The molecule has 1 aromatic rings. The lowest BCUT2D eigenvalue weighted by atomic mass is 10.1. The number of halogens is 1. The molecular formula is C13H15FN4O. The zero-order chi connectivity index (χ0) is 13.8. The van der Waals surface area contributed by atoms with Crippen molar-refractivity contribution in [1.29, 1.82) is 5.26 Å². The fourth-order valence-corrected chi connectivity index (χ4v) is 2.20. The van der Waals surface area contributed by atoms with E-state index in [0.717, 1.165) is 0 Å². The summed E-state index contributed by atoms with van der Waals surface area (Å²) in [6.45, 7) is 1.70. The summed E-state index contributed by atoms with van der Waals surface area (Å²) < 4.78 is 14.0. The van der Waals surface area contributed by atoms with Gasteiger partial charge in [0.05, 0.1) is 17.3 Å². The van der Waals surface area contributed by atoms with Crippen LogP contribution in [-0.4, -0.2) is 38.6 Å². The molecule has 1 unspecified atom stereocenters. The minimum atomic E-state index is -0.477. The molecule has 0 bridgehead atoms. The van der Waals surface area contributed by atoms with Gasteiger partial charge in [-0.1, -0.05) is 0 Å². The first-order chi connectivity index (χ1) is 9.17. The number of hydrogen-bond acceptors (Lipinski definition) is 4. The van der Waals surface area contributed by atoms with E-state index in [1.165, 1.54) is 6.07 Å². The monoisotopic (exact) mass is 262 g/mol. The molecule has 5 nitrogen and oxygen atoms in total. The van der Waals surface area contributed by atoms with Crippen molar-refractivity contribution in [3.8, 4) is 6.07 Å². The topological polar surface area (TPSA) is 68.2 Å². The van der Waals surface area contributed by atoms with Crippen molar-refractivity contribution in [3.05, 3.63) is 29.6 Å². The zero-order valence-electron chi connectivity index (χ0n) is 10.6. The van der Waals surface area contributed by atoms with Crippen LogP contribution in [-0.2, 0) is 4.79 Å². The molecule has 1 heterocycles. The molecule has 0 saturated carbocycles. The third-order valence-electron chi connectivity index (χ3n) is 3.18. The number of nitrogens with one attached hydrogen (secondary N) is 2. The number of carbonyl (C=O) groups excluding carboxylic acids is 1. The Morgan fingerprint density at radius 2 is 2.42 bits per heavy atom. The third-order valence-corrected chi connectivity index (χ3v) is 3.18. The van der Waals surface area contributed by atoms with Crippen molar-refractivity contribution >= 4 is 11.6 Å². The van der Waals surface area contributed by atoms with Crippen LogP contribution in [0.4, 0.5) is 10.1 Å². The van der Waals surface area contributed by atoms with E-state index in [4.69, 9.17) is 5.26 Å². The lowest BCUT2D eigenvalue weighted by molar-refractivity contribution is -0.122. The number of amides is 1. The van der Waals surface area contributed by atoms with E-state index in [9.17, 15) is 9.18 Å². The third kappa shape index (κ3) is 2.66. The number of nitrogens with zero attached hydrogens (tertiary/aromatic N) is 2. The van der Waals surface area contributed by atoms with Crippen molar-refractivity contribution in [1.82, 2.24) is 10.6 Å². The van der Waals surface area contributed by atoms with Gasteiger partial charge in [0.25, 0.3) is 0 Å². The van der Waals surface area contributed by atoms with E-state index in [0.29, 0.717) is 25.3 Å². The Bertz CT molecular complexity index is 526. The Hall–Kier alpha value is -2.13. The molecule has 100 valence electrons. The first kappa shape index (κ1) is 13.3. The Morgan fingerprint density at radius 3 is 3.05 bits per heavy atom. The molecule has 0 radical (unpaired) electrons. The summed E-state index contributed by atoms with van der Waals surface area (Å²) in [6.07, 6.45) is 0. The lowest BCUT2D eigenvalue weighted by Crippen LogP contribution is -2.57. The summed E-state index contributed by atoms with van der Waals surface area (Å²) in [7, 11) is 1.56. The van der Waals surface area contributed by atoms with E-state index >= 15 is 0 Å². The molecule has 2 N–H and O–H groups in total. The molecule has 1 aromatic carbocycles. The number of anilines is 1. The van der Waals surface area contributed by atoms with Crippen LogP contribution in [0.15, 0.2) is 18.2 Å². The van der Waals surface area contributed by atoms with E-state index in [1.54, 1.807) is 24.1 Å². The largest absolute Gasteiger partial charge is 0.357 e. The summed E-state index contributed by atoms with van der Waals surface area (Å²) in [6, 6.07) is 5.75. The molecule has 1 aliphatic rings. The maximum atomic E-state index is 14.0. The summed E-state index contributed by atoms with van der Waals surface area (Å²) in [5, 5.41) is 14.4. The zero-order valence-corrected chi connectivity index (χ0v) is 10.6. The van der Waals surface area contributed by atoms with Gasteiger partial charge in [0.15, 0.2) is 0 Å². The molecule has 19 heavy (non-hydrogen) atoms. The van der Waals surface area contributed by atoms with Crippen molar-refractivity contribution < 1.29 is 9.18 Å². The number of hydrogen-bond donors (Lipinski definition) is 2. The van der Waals surface area contributed by atoms with Crippen LogP contribution in [0.1, 0.15) is 5.56 Å². The second-order valence-electron chi connectivity index (χ2n) is 4.31. The van der Waals surface area contributed by atoms with Gasteiger partial charge in [-0.3, -0.25) is 4.79 Å². The number of carbonyl (C=O) groups is 1. The summed E-state index contributed by atoms with van der Waals surface area (Å²) in [5.41, 5.74) is 0.627. The Morgan fingerprint density at radius 1 is 1.63 bits per heavy atom. The molecule has 1 aliphatic heterocycles. The molecular weight excluding hydrogens is 247 g/mol. The molecule has 1 amide bonds. The van der Waals surface area contributed by atoms with Gasteiger partial charge in [0, 0.05) is 26.7 Å². The quantitative estimate of drug-likeness (QED) is 0.800. The number of nitriles is 1. The van der Waals surface area contributed by atoms with Gasteiger partial charge in [-0.05, 0) is 18.2 Å². The predicted molar refractivity (Wildman–Crippen MR) is 69.2 cm³/mol. The van der Waals surface area contributed by atoms with Crippen LogP contribution >= 0.6 is 0 Å². The second kappa shape index (κ2) is 5.67. The molecule has 0 aromatic heterocycles. The molecule has 1 fully saturated rings. The smallest absolute Gasteiger partial charge is 0.243 e. The fourth-order valence-electron chi connectivity index (χ4n) is 2.20. The second-order valence-corrected chi connectivity index (χ2v) is 4.31. The molecule has 6 heteroatoms. The van der Waals surface area contributed by atoms with Crippen LogP contribution in [0.5, 0.6) is 0 Å².